The standard InChI is InChI=1S/C19H22N4O2/c1-4-22-12-14(9-21-22)23(11-13(2)3)19(25)16-10-20-17-8-6-5-7-15(17)18(16)24/h5-10,12-13H,4,11H2,1-3H3,(H,20,24). The Kier molecular flexibility index (Phi) is 4.70. The summed E-state index contributed by atoms with van der Waals surface area (Å²) >= 11 is 0. The molecule has 1 N–H and O–H groups in total. The lowest BCUT2D eigenvalue weighted by atomic mass is 10.1. The third-order valence-electron chi connectivity index (χ3n) is 4.07. The number of hydrogen-bond donors (Lipinski definition) is 1. The third-order valence-corrected chi connectivity index (χ3v) is 4.07. The van der Waals surface area contributed by atoms with E-state index >= 15 is 0 Å². The van der Waals surface area contributed by atoms with E-state index < -0.39 is 0 Å². The number of amides is 1. The molecule has 2 aromatic heterocycles. The topological polar surface area (TPSA) is 71.0 Å². The predicted molar refractivity (Wildman–Crippen MR) is 99.0 cm³/mol. The van der Waals surface area contributed by atoms with E-state index in [-0.39, 0.29) is 22.8 Å². The summed E-state index contributed by atoms with van der Waals surface area (Å²) in [6.07, 6.45) is 5.00. The first-order valence-corrected chi connectivity index (χ1v) is 8.46. The molecule has 130 valence electrons. The second-order valence-electron chi connectivity index (χ2n) is 6.44. The lowest BCUT2D eigenvalue weighted by Crippen LogP contribution is -2.37. The van der Waals surface area contributed by atoms with Crippen LogP contribution in [0.2, 0.25) is 0 Å². The van der Waals surface area contributed by atoms with Crippen molar-refractivity contribution in [1.29, 1.82) is 0 Å². The van der Waals surface area contributed by atoms with Crippen LogP contribution in [0.1, 0.15) is 31.1 Å². The molecule has 0 saturated carbocycles. The van der Waals surface area contributed by atoms with E-state index in [1.54, 1.807) is 27.9 Å². The van der Waals surface area contributed by atoms with E-state index in [1.165, 1.54) is 6.20 Å². The van der Waals surface area contributed by atoms with Gasteiger partial charge in [0, 0.05) is 36.4 Å². The molecule has 0 aliphatic carbocycles. The monoisotopic (exact) mass is 338 g/mol. The number of hydrogen-bond acceptors (Lipinski definition) is 3. The molecule has 0 aliphatic heterocycles. The zero-order chi connectivity index (χ0) is 18.0. The molecule has 1 amide bonds. The van der Waals surface area contributed by atoms with E-state index in [1.807, 2.05) is 39.1 Å². The molecule has 3 rings (SSSR count). The van der Waals surface area contributed by atoms with Crippen molar-refractivity contribution in [3.05, 3.63) is 58.6 Å². The van der Waals surface area contributed by atoms with E-state index in [0.29, 0.717) is 17.6 Å². The van der Waals surface area contributed by atoms with Crippen LogP contribution in [0.5, 0.6) is 0 Å². The summed E-state index contributed by atoms with van der Waals surface area (Å²) in [6.45, 7) is 7.30. The van der Waals surface area contributed by atoms with Crippen LogP contribution in [0.4, 0.5) is 5.69 Å². The SMILES string of the molecule is CCn1cc(N(CC(C)C)C(=O)c2c[nH]c3ccccc3c2=O)cn1. The number of H-pyrrole nitrogens is 1. The number of nitrogens with zero attached hydrogens (tertiary/aromatic N) is 3. The highest BCUT2D eigenvalue weighted by molar-refractivity contribution is 6.07. The van der Waals surface area contributed by atoms with E-state index in [9.17, 15) is 9.59 Å². The minimum atomic E-state index is -0.309. The van der Waals surface area contributed by atoms with Crippen LogP contribution in [0.15, 0.2) is 47.7 Å². The third kappa shape index (κ3) is 3.33. The van der Waals surface area contributed by atoms with Crippen molar-refractivity contribution in [2.75, 3.05) is 11.4 Å². The first-order valence-electron chi connectivity index (χ1n) is 8.46. The first-order chi connectivity index (χ1) is 12.0. The van der Waals surface area contributed by atoms with Crippen molar-refractivity contribution in [3.63, 3.8) is 0 Å². The minimum Gasteiger partial charge on any atom is -0.360 e. The molecular weight excluding hydrogens is 316 g/mol. The smallest absolute Gasteiger partial charge is 0.263 e. The van der Waals surface area contributed by atoms with Crippen molar-refractivity contribution in [1.82, 2.24) is 14.8 Å². The summed E-state index contributed by atoms with van der Waals surface area (Å²) in [5, 5.41) is 4.76. The van der Waals surface area contributed by atoms with Gasteiger partial charge in [0.2, 0.25) is 5.43 Å². The summed E-state index contributed by atoms with van der Waals surface area (Å²) in [4.78, 5) is 30.6. The van der Waals surface area contributed by atoms with Gasteiger partial charge in [-0.15, -0.1) is 0 Å². The van der Waals surface area contributed by atoms with E-state index in [4.69, 9.17) is 0 Å². The van der Waals surface area contributed by atoms with Crippen molar-refractivity contribution in [2.24, 2.45) is 5.92 Å². The summed E-state index contributed by atoms with van der Waals surface area (Å²) in [5.41, 5.74) is 1.31. The quantitative estimate of drug-likeness (QED) is 0.777. The van der Waals surface area contributed by atoms with Crippen LogP contribution in [-0.4, -0.2) is 27.2 Å². The van der Waals surface area contributed by atoms with Crippen LogP contribution in [0.25, 0.3) is 10.9 Å². The maximum Gasteiger partial charge on any atom is 0.263 e. The number of nitrogens with one attached hydrogen (secondary N) is 1. The fourth-order valence-corrected chi connectivity index (χ4v) is 2.81. The first kappa shape index (κ1) is 17.0. The number of para-hydroxylation sites is 1. The Morgan fingerprint density at radius 2 is 2.08 bits per heavy atom. The number of aryl methyl sites for hydroxylation is 1. The van der Waals surface area contributed by atoms with Crippen molar-refractivity contribution in [2.45, 2.75) is 27.3 Å². The maximum absolute atomic E-state index is 13.1. The fourth-order valence-electron chi connectivity index (χ4n) is 2.81. The molecule has 25 heavy (non-hydrogen) atoms. The number of aromatic nitrogens is 3. The van der Waals surface area contributed by atoms with E-state index in [2.05, 4.69) is 10.1 Å². The lowest BCUT2D eigenvalue weighted by molar-refractivity contribution is 0.0982. The highest BCUT2D eigenvalue weighted by atomic mass is 16.2. The number of rotatable bonds is 5. The summed E-state index contributed by atoms with van der Waals surface area (Å²) in [5.74, 6) is -0.0511. The van der Waals surface area contributed by atoms with Gasteiger partial charge >= 0.3 is 0 Å². The van der Waals surface area contributed by atoms with Crippen LogP contribution < -0.4 is 10.3 Å². The zero-order valence-corrected chi connectivity index (χ0v) is 14.7. The molecule has 3 aromatic rings. The van der Waals surface area contributed by atoms with Gasteiger partial charge in [-0.3, -0.25) is 14.3 Å². The Morgan fingerprint density at radius 1 is 1.32 bits per heavy atom. The molecule has 0 aliphatic rings. The highest BCUT2D eigenvalue weighted by Gasteiger charge is 2.23. The molecule has 0 fully saturated rings. The minimum absolute atomic E-state index is 0.142. The lowest BCUT2D eigenvalue weighted by Gasteiger charge is -2.23. The molecular formula is C19H22N4O2. The number of fused-ring (bicyclic) bond motifs is 1. The Balaban J connectivity index is 2.05. The molecule has 6 nitrogen and oxygen atoms in total. The highest BCUT2D eigenvalue weighted by Crippen LogP contribution is 2.18. The molecule has 1 aromatic carbocycles. The second-order valence-corrected chi connectivity index (χ2v) is 6.44. The van der Waals surface area contributed by atoms with Gasteiger partial charge in [0.25, 0.3) is 5.91 Å². The molecule has 6 heteroatoms. The number of pyridine rings is 1. The van der Waals surface area contributed by atoms with Crippen LogP contribution in [-0.2, 0) is 6.54 Å². The molecule has 0 unspecified atom stereocenters. The summed E-state index contributed by atoms with van der Waals surface area (Å²) in [7, 11) is 0. The fraction of sp³-hybridized carbons (Fsp3) is 0.316. The van der Waals surface area contributed by atoms with Gasteiger partial charge in [-0.2, -0.15) is 5.10 Å². The average Bonchev–Trinajstić information content (AvgIpc) is 3.08. The Bertz CT molecular complexity index is 955. The second kappa shape index (κ2) is 6.93. The molecule has 0 radical (unpaired) electrons. The maximum atomic E-state index is 13.1. The van der Waals surface area contributed by atoms with Gasteiger partial charge < -0.3 is 9.88 Å². The number of carbonyl (C=O) groups is 1. The van der Waals surface area contributed by atoms with Crippen LogP contribution in [0.3, 0.4) is 0 Å². The van der Waals surface area contributed by atoms with Gasteiger partial charge in [0.15, 0.2) is 0 Å². The average molecular weight is 338 g/mol. The summed E-state index contributed by atoms with van der Waals surface area (Å²) in [6, 6.07) is 7.20. The Morgan fingerprint density at radius 3 is 2.76 bits per heavy atom. The largest absolute Gasteiger partial charge is 0.360 e. The number of benzene rings is 1. The normalized spacial score (nSPS) is 11.2. The number of aromatic amines is 1. The Hall–Kier alpha value is -2.89. The molecule has 2 heterocycles. The zero-order valence-electron chi connectivity index (χ0n) is 14.7. The van der Waals surface area contributed by atoms with Crippen molar-refractivity contribution < 1.29 is 4.79 Å². The van der Waals surface area contributed by atoms with Gasteiger partial charge in [0.05, 0.1) is 11.9 Å². The van der Waals surface area contributed by atoms with E-state index in [0.717, 1.165) is 12.1 Å². The van der Waals surface area contributed by atoms with Crippen LogP contribution in [0, 0.1) is 5.92 Å². The van der Waals surface area contributed by atoms with Gasteiger partial charge in [-0.25, -0.2) is 0 Å². The van der Waals surface area contributed by atoms with Crippen molar-refractivity contribution >= 4 is 22.5 Å². The molecule has 0 atom stereocenters. The van der Waals surface area contributed by atoms with Crippen molar-refractivity contribution in [3.8, 4) is 0 Å². The molecule has 0 saturated heterocycles. The number of carbonyl (C=O) groups excluding carboxylic acids is 1. The number of anilines is 1. The van der Waals surface area contributed by atoms with Gasteiger partial charge in [-0.1, -0.05) is 26.0 Å². The van der Waals surface area contributed by atoms with Crippen LogP contribution >= 0.6 is 0 Å². The molecule has 0 bridgehead atoms. The van der Waals surface area contributed by atoms with Gasteiger partial charge in [-0.05, 0) is 25.0 Å². The molecule has 0 spiro atoms. The summed E-state index contributed by atoms with van der Waals surface area (Å²) < 4.78 is 1.76. The Labute approximate surface area is 146 Å². The predicted octanol–water partition coefficient (Wildman–Crippen LogP) is 3.05. The van der Waals surface area contributed by atoms with Gasteiger partial charge in [0.1, 0.15) is 5.56 Å².